The second kappa shape index (κ2) is 6.30. The van der Waals surface area contributed by atoms with Crippen LogP contribution in [0.1, 0.15) is 36.7 Å². The topological polar surface area (TPSA) is 104 Å². The van der Waals surface area contributed by atoms with Gasteiger partial charge in [0.25, 0.3) is 5.91 Å². The van der Waals surface area contributed by atoms with Gasteiger partial charge in [0, 0.05) is 30.6 Å². The zero-order valence-corrected chi connectivity index (χ0v) is 17.5. The number of carbonyl (C=O) groups excluding carboxylic acids is 1. The van der Waals surface area contributed by atoms with Crippen molar-refractivity contribution in [2.75, 3.05) is 12.8 Å². The normalized spacial score (nSPS) is 12.1. The van der Waals surface area contributed by atoms with E-state index in [4.69, 9.17) is 10.8 Å². The third-order valence-electron chi connectivity index (χ3n) is 5.30. The molecule has 8 heteroatoms. The number of nitrogen functional groups attached to an aromatic ring is 1. The molecule has 3 heterocycles. The Kier molecular flexibility index (Phi) is 4.11. The molecular weight excluding hydrogens is 366 g/mol. The molecule has 0 radical (unpaired) electrons. The van der Waals surface area contributed by atoms with Gasteiger partial charge in [0.05, 0.1) is 16.6 Å². The lowest BCUT2D eigenvalue weighted by atomic mass is 10.1. The number of anilines is 1. The first-order valence-electron chi connectivity index (χ1n) is 9.46. The first-order chi connectivity index (χ1) is 13.6. The summed E-state index contributed by atoms with van der Waals surface area (Å²) in [5.41, 5.74) is 11.0. The van der Waals surface area contributed by atoms with Crippen molar-refractivity contribution in [3.05, 3.63) is 35.7 Å². The summed E-state index contributed by atoms with van der Waals surface area (Å²) in [7, 11) is 3.60. The number of aromatic nitrogens is 5. The Morgan fingerprint density at radius 1 is 1.21 bits per heavy atom. The summed E-state index contributed by atoms with van der Waals surface area (Å²) in [5.74, 6) is 0.281. The molecule has 0 unspecified atom stereocenters. The molecule has 0 aliphatic heterocycles. The van der Waals surface area contributed by atoms with E-state index in [-0.39, 0.29) is 11.4 Å². The predicted molar refractivity (Wildman–Crippen MR) is 115 cm³/mol. The molecule has 0 fully saturated rings. The first-order valence-corrected chi connectivity index (χ1v) is 9.46. The Morgan fingerprint density at radius 2 is 1.93 bits per heavy atom. The van der Waals surface area contributed by atoms with Gasteiger partial charge in [0.1, 0.15) is 17.8 Å². The summed E-state index contributed by atoms with van der Waals surface area (Å²) in [6.07, 6.45) is 1.47. The van der Waals surface area contributed by atoms with Gasteiger partial charge in [-0.3, -0.25) is 4.79 Å². The van der Waals surface area contributed by atoms with Crippen molar-refractivity contribution in [1.29, 1.82) is 0 Å². The summed E-state index contributed by atoms with van der Waals surface area (Å²) in [4.78, 5) is 20.8. The number of fused-ring (bicyclic) bond motifs is 2. The lowest BCUT2D eigenvalue weighted by Gasteiger charge is -2.19. The van der Waals surface area contributed by atoms with E-state index in [2.05, 4.69) is 47.5 Å². The average molecular weight is 391 g/mol. The van der Waals surface area contributed by atoms with Crippen LogP contribution in [0.5, 0.6) is 0 Å². The van der Waals surface area contributed by atoms with Gasteiger partial charge < -0.3 is 15.6 Å². The van der Waals surface area contributed by atoms with Gasteiger partial charge >= 0.3 is 0 Å². The quantitative estimate of drug-likeness (QED) is 0.547. The Hall–Kier alpha value is -3.42. The molecule has 0 aliphatic carbocycles. The molecule has 0 spiro atoms. The maximum atomic E-state index is 12.1. The summed E-state index contributed by atoms with van der Waals surface area (Å²) in [6.45, 7) is 8.28. The molecular formula is C21H25N7O. The van der Waals surface area contributed by atoms with Crippen LogP contribution in [0.4, 0.5) is 5.82 Å². The third-order valence-corrected chi connectivity index (χ3v) is 5.30. The Balaban J connectivity index is 2.08. The molecule has 0 saturated heterocycles. The molecule has 8 nitrogen and oxygen atoms in total. The van der Waals surface area contributed by atoms with Crippen LogP contribution in [0.15, 0.2) is 24.5 Å². The minimum Gasteiger partial charge on any atom is -0.383 e. The van der Waals surface area contributed by atoms with Crippen molar-refractivity contribution in [3.63, 3.8) is 0 Å². The fourth-order valence-electron chi connectivity index (χ4n) is 3.86. The molecule has 3 aromatic heterocycles. The largest absolute Gasteiger partial charge is 0.383 e. The lowest BCUT2D eigenvalue weighted by Crippen LogP contribution is -2.23. The van der Waals surface area contributed by atoms with E-state index in [1.165, 1.54) is 6.33 Å². The number of aryl methyl sites for hydroxylation is 2. The number of amides is 1. The standard InChI is InChI=1S/C21H25N7O/c1-11-13-8-7-12(20(29)23-5)9-14(13)27(6)17(11)16-15-18(22)24-10-25-19(15)28(26-16)21(2,3)4/h7-10H,1-6H3,(H,23,29)(H2,22,24,25). The highest BCUT2D eigenvalue weighted by molar-refractivity contribution is 6.04. The number of hydrogen-bond acceptors (Lipinski definition) is 5. The number of nitrogens with one attached hydrogen (secondary N) is 1. The van der Waals surface area contributed by atoms with Crippen LogP contribution in [0.25, 0.3) is 33.3 Å². The fourth-order valence-corrected chi connectivity index (χ4v) is 3.86. The van der Waals surface area contributed by atoms with Crippen molar-refractivity contribution in [1.82, 2.24) is 29.6 Å². The Labute approximate surface area is 168 Å². The van der Waals surface area contributed by atoms with Gasteiger partial charge in [0.15, 0.2) is 5.65 Å². The zero-order chi connectivity index (χ0) is 21.1. The Bertz CT molecular complexity index is 1270. The highest BCUT2D eigenvalue weighted by Crippen LogP contribution is 2.38. The SMILES string of the molecule is CNC(=O)c1ccc2c(C)c(-c3nn(C(C)(C)C)c4ncnc(N)c34)n(C)c2c1. The molecule has 150 valence electrons. The van der Waals surface area contributed by atoms with Crippen LogP contribution >= 0.6 is 0 Å². The zero-order valence-electron chi connectivity index (χ0n) is 17.5. The van der Waals surface area contributed by atoms with Crippen LogP contribution in [0, 0.1) is 6.92 Å². The van der Waals surface area contributed by atoms with Gasteiger partial charge in [-0.25, -0.2) is 14.6 Å². The van der Waals surface area contributed by atoms with Crippen LogP contribution in [0.3, 0.4) is 0 Å². The number of carbonyl (C=O) groups is 1. The maximum absolute atomic E-state index is 12.1. The van der Waals surface area contributed by atoms with Gasteiger partial charge in [-0.05, 0) is 45.4 Å². The second-order valence-corrected chi connectivity index (χ2v) is 8.23. The van der Waals surface area contributed by atoms with Crippen LogP contribution in [0.2, 0.25) is 0 Å². The Morgan fingerprint density at radius 3 is 2.59 bits per heavy atom. The van der Waals surface area contributed by atoms with Gasteiger partial charge in [0.2, 0.25) is 0 Å². The molecule has 0 bridgehead atoms. The van der Waals surface area contributed by atoms with E-state index in [1.54, 1.807) is 7.05 Å². The fraction of sp³-hybridized carbons (Fsp3) is 0.333. The lowest BCUT2D eigenvalue weighted by molar-refractivity contribution is 0.0963. The van der Waals surface area contributed by atoms with E-state index in [1.807, 2.05) is 29.9 Å². The molecule has 3 N–H and O–H groups in total. The summed E-state index contributed by atoms with van der Waals surface area (Å²) in [5, 5.41) is 9.39. The maximum Gasteiger partial charge on any atom is 0.251 e. The van der Waals surface area contributed by atoms with Crippen LogP contribution in [-0.2, 0) is 12.6 Å². The van der Waals surface area contributed by atoms with Gasteiger partial charge in [-0.1, -0.05) is 6.07 Å². The number of rotatable bonds is 2. The van der Waals surface area contributed by atoms with E-state index in [0.717, 1.165) is 33.2 Å². The molecule has 0 saturated carbocycles. The van der Waals surface area contributed by atoms with Gasteiger partial charge in [-0.15, -0.1) is 0 Å². The average Bonchev–Trinajstić information content (AvgIpc) is 3.18. The summed E-state index contributed by atoms with van der Waals surface area (Å²) >= 11 is 0. The van der Waals surface area contributed by atoms with E-state index in [0.29, 0.717) is 17.0 Å². The predicted octanol–water partition coefficient (Wildman–Crippen LogP) is 2.99. The van der Waals surface area contributed by atoms with E-state index in [9.17, 15) is 4.79 Å². The van der Waals surface area contributed by atoms with Crippen LogP contribution < -0.4 is 11.1 Å². The number of nitrogens with zero attached hydrogens (tertiary/aromatic N) is 5. The summed E-state index contributed by atoms with van der Waals surface area (Å²) in [6, 6.07) is 5.70. The smallest absolute Gasteiger partial charge is 0.251 e. The first kappa shape index (κ1) is 18.9. The molecule has 0 aliphatic rings. The highest BCUT2D eigenvalue weighted by Gasteiger charge is 2.27. The second-order valence-electron chi connectivity index (χ2n) is 8.23. The minimum absolute atomic E-state index is 0.118. The van der Waals surface area contributed by atoms with E-state index < -0.39 is 0 Å². The number of nitrogens with two attached hydrogens (primary N) is 1. The molecule has 0 atom stereocenters. The molecule has 29 heavy (non-hydrogen) atoms. The molecule has 1 aromatic carbocycles. The molecule has 4 rings (SSSR count). The number of hydrogen-bond donors (Lipinski definition) is 2. The van der Waals surface area contributed by atoms with Gasteiger partial charge in [-0.2, -0.15) is 5.10 Å². The molecule has 1 amide bonds. The van der Waals surface area contributed by atoms with Crippen molar-refractivity contribution in [2.24, 2.45) is 7.05 Å². The third kappa shape index (κ3) is 2.74. The van der Waals surface area contributed by atoms with Crippen molar-refractivity contribution in [3.8, 4) is 11.4 Å². The number of benzene rings is 1. The van der Waals surface area contributed by atoms with Crippen LogP contribution in [-0.4, -0.2) is 37.3 Å². The minimum atomic E-state index is -0.276. The van der Waals surface area contributed by atoms with Crippen molar-refractivity contribution < 1.29 is 4.79 Å². The summed E-state index contributed by atoms with van der Waals surface area (Å²) < 4.78 is 3.95. The monoisotopic (exact) mass is 391 g/mol. The van der Waals surface area contributed by atoms with Crippen molar-refractivity contribution >= 4 is 33.7 Å². The van der Waals surface area contributed by atoms with Crippen molar-refractivity contribution in [2.45, 2.75) is 33.2 Å². The van der Waals surface area contributed by atoms with E-state index >= 15 is 0 Å². The highest BCUT2D eigenvalue weighted by atomic mass is 16.1. The molecule has 4 aromatic rings.